The highest BCUT2D eigenvalue weighted by molar-refractivity contribution is 5.76. The summed E-state index contributed by atoms with van der Waals surface area (Å²) in [5.74, 6) is -0.838. The fourth-order valence-electron chi connectivity index (χ4n) is 6.29. The maximum atomic E-state index is 12.5. The summed E-state index contributed by atoms with van der Waals surface area (Å²) < 4.78 is 13.2. The number of hydrogen-bond acceptors (Lipinski definition) is 6. The van der Waals surface area contributed by atoms with Crippen molar-refractivity contribution in [2.45, 2.75) is 83.1 Å². The second-order valence-corrected chi connectivity index (χ2v) is 12.9. The number of rotatable bonds is 16. The quantitative estimate of drug-likeness (QED) is 0.105. The molecule has 0 spiro atoms. The monoisotopic (exact) mass is 664 g/mol. The van der Waals surface area contributed by atoms with E-state index in [9.17, 15) is 14.7 Å². The average molecular weight is 665 g/mol. The summed E-state index contributed by atoms with van der Waals surface area (Å²) in [6.07, 6.45) is 2.41. The Bertz CT molecular complexity index is 1630. The molecule has 49 heavy (non-hydrogen) atoms. The predicted molar refractivity (Wildman–Crippen MR) is 190 cm³/mol. The Morgan fingerprint density at radius 2 is 1.51 bits per heavy atom. The summed E-state index contributed by atoms with van der Waals surface area (Å²) in [6.45, 7) is 3.36. The number of carboxylic acids is 1. The molecule has 3 N–H and O–H groups in total. The van der Waals surface area contributed by atoms with Gasteiger partial charge in [0.2, 0.25) is 5.91 Å². The molecule has 4 aromatic carbocycles. The van der Waals surface area contributed by atoms with Gasteiger partial charge in [-0.2, -0.15) is 0 Å². The molecule has 8 nitrogen and oxygen atoms in total. The van der Waals surface area contributed by atoms with Crippen LogP contribution in [0.4, 0.5) is 0 Å². The molecule has 4 aromatic rings. The number of benzene rings is 4. The number of carbonyl (C=O) groups is 2. The van der Waals surface area contributed by atoms with Gasteiger partial charge in [0.05, 0.1) is 18.8 Å². The summed E-state index contributed by atoms with van der Waals surface area (Å²) in [5.41, 5.74) is 7.19. The summed E-state index contributed by atoms with van der Waals surface area (Å²) >= 11 is 0. The smallest absolute Gasteiger partial charge is 0.303 e. The van der Waals surface area contributed by atoms with E-state index in [1.54, 1.807) is 0 Å². The zero-order chi connectivity index (χ0) is 34.6. The topological polar surface area (TPSA) is 108 Å². The maximum Gasteiger partial charge on any atom is 0.303 e. The van der Waals surface area contributed by atoms with Crippen molar-refractivity contribution in [3.05, 3.63) is 131 Å². The number of aliphatic hydroxyl groups is 1. The molecule has 0 saturated carbocycles. The van der Waals surface area contributed by atoms with Crippen LogP contribution in [-0.4, -0.2) is 46.7 Å². The number of hydrogen-bond donors (Lipinski definition) is 3. The van der Waals surface area contributed by atoms with Crippen LogP contribution in [0.5, 0.6) is 0 Å². The van der Waals surface area contributed by atoms with Crippen LogP contribution in [0.3, 0.4) is 0 Å². The normalized spacial score (nSPS) is 18.2. The molecule has 8 heteroatoms. The van der Waals surface area contributed by atoms with Crippen molar-refractivity contribution in [1.29, 1.82) is 0 Å². The first-order valence-electron chi connectivity index (χ1n) is 17.2. The van der Waals surface area contributed by atoms with Gasteiger partial charge in [0.15, 0.2) is 6.29 Å². The summed E-state index contributed by atoms with van der Waals surface area (Å²) in [7, 11) is 2.13. The summed E-state index contributed by atoms with van der Waals surface area (Å²) in [5, 5.41) is 21.4. The third kappa shape index (κ3) is 10.3. The first-order valence-corrected chi connectivity index (χ1v) is 17.2. The van der Waals surface area contributed by atoms with E-state index in [0.29, 0.717) is 32.2 Å². The predicted octanol–water partition coefficient (Wildman–Crippen LogP) is 7.74. The van der Waals surface area contributed by atoms with E-state index in [-0.39, 0.29) is 37.2 Å². The highest BCUT2D eigenvalue weighted by Gasteiger charge is 2.33. The lowest BCUT2D eigenvalue weighted by Gasteiger charge is -2.39. The number of carbonyl (C=O) groups excluding carboxylic acids is 1. The molecule has 1 aliphatic heterocycles. The third-order valence-electron chi connectivity index (χ3n) is 9.33. The van der Waals surface area contributed by atoms with E-state index >= 15 is 0 Å². The molecule has 0 radical (unpaired) electrons. The Kier molecular flexibility index (Phi) is 13.1. The zero-order valence-corrected chi connectivity index (χ0v) is 28.5. The number of carboxylic acid groups (broad SMARTS) is 1. The number of amides is 1. The van der Waals surface area contributed by atoms with E-state index in [1.807, 2.05) is 48.5 Å². The molecule has 1 aliphatic rings. The minimum Gasteiger partial charge on any atom is -0.481 e. The molecule has 1 saturated heterocycles. The first-order chi connectivity index (χ1) is 23.8. The van der Waals surface area contributed by atoms with Crippen molar-refractivity contribution in [1.82, 2.24) is 10.2 Å². The Labute approximate surface area is 289 Å². The number of aliphatic carboxylic acids is 1. The van der Waals surface area contributed by atoms with E-state index in [1.165, 1.54) is 5.56 Å². The number of nitrogens with one attached hydrogen (secondary N) is 1. The molecular weight excluding hydrogens is 616 g/mol. The summed E-state index contributed by atoms with van der Waals surface area (Å²) in [4.78, 5) is 25.5. The molecule has 1 fully saturated rings. The molecule has 5 rings (SSSR count). The SMILES string of the molecule is C[C@@H](c1ccccc1)N(C)C[C@@H]1C[C@H](c2ccc(CO)cc2)O[C@H](c2ccc(-c3ccccc3CNC(=O)CCCCCC(=O)O)cc2)O1. The number of unbranched alkanes of at least 4 members (excludes halogenated alkanes) is 2. The maximum absolute atomic E-state index is 12.5. The fourth-order valence-corrected chi connectivity index (χ4v) is 6.29. The van der Waals surface area contributed by atoms with E-state index in [4.69, 9.17) is 14.6 Å². The molecule has 4 atom stereocenters. The molecule has 0 aromatic heterocycles. The lowest BCUT2D eigenvalue weighted by atomic mass is 9.97. The zero-order valence-electron chi connectivity index (χ0n) is 28.5. The number of nitrogens with zero attached hydrogens (tertiary/aromatic N) is 1. The van der Waals surface area contributed by atoms with Gasteiger partial charge in [0, 0.05) is 44.0 Å². The van der Waals surface area contributed by atoms with Crippen molar-refractivity contribution < 1.29 is 29.3 Å². The van der Waals surface area contributed by atoms with Gasteiger partial charge >= 0.3 is 5.97 Å². The summed E-state index contributed by atoms with van der Waals surface area (Å²) in [6, 6.07) is 35.0. The molecule has 1 amide bonds. The molecule has 1 heterocycles. The van der Waals surface area contributed by atoms with Gasteiger partial charge in [0.25, 0.3) is 0 Å². The Hall–Kier alpha value is -4.34. The highest BCUT2D eigenvalue weighted by Crippen LogP contribution is 2.39. The van der Waals surface area contributed by atoms with Gasteiger partial charge < -0.3 is 25.0 Å². The van der Waals surface area contributed by atoms with Crippen molar-refractivity contribution in [2.24, 2.45) is 0 Å². The minimum atomic E-state index is -0.802. The largest absolute Gasteiger partial charge is 0.481 e. The Morgan fingerprint density at radius 3 is 2.22 bits per heavy atom. The molecular formula is C41H48N2O6. The van der Waals surface area contributed by atoms with Gasteiger partial charge in [-0.1, -0.05) is 110 Å². The van der Waals surface area contributed by atoms with Crippen molar-refractivity contribution in [2.75, 3.05) is 13.6 Å². The number of likely N-dealkylation sites (N-methyl/N-ethyl adjacent to an activating group) is 1. The van der Waals surface area contributed by atoms with Crippen LogP contribution in [0.25, 0.3) is 11.1 Å². The standard InChI is InChI=1S/C41H48N2O6/c1-29(31-11-5-3-6-12-31)43(2)27-36-25-38(33-19-17-30(28-44)18-20-33)49-41(48-36)34-23-21-32(22-24-34)37-14-10-9-13-35(37)26-42-39(45)15-7-4-8-16-40(46)47/h3,5-6,9-14,17-24,29,36,38,41,44H,4,7-8,15-16,25-28H2,1-2H3,(H,42,45)(H,46,47)/t29-,36-,38+,41+/m0/s1. The number of ether oxygens (including phenoxy) is 2. The molecule has 258 valence electrons. The van der Waals surface area contributed by atoms with Gasteiger partial charge in [-0.3, -0.25) is 14.5 Å². The molecule has 0 aliphatic carbocycles. The first kappa shape index (κ1) is 36.0. The van der Waals surface area contributed by atoms with E-state index in [2.05, 4.69) is 78.8 Å². The Balaban J connectivity index is 1.27. The van der Waals surface area contributed by atoms with E-state index in [0.717, 1.165) is 46.3 Å². The van der Waals surface area contributed by atoms with Crippen molar-refractivity contribution >= 4 is 11.9 Å². The van der Waals surface area contributed by atoms with Crippen LogP contribution in [0.1, 0.15) is 91.7 Å². The van der Waals surface area contributed by atoms with Crippen LogP contribution in [-0.2, 0) is 32.2 Å². The number of aliphatic hydroxyl groups excluding tert-OH is 1. The van der Waals surface area contributed by atoms with Gasteiger partial charge in [-0.25, -0.2) is 0 Å². The van der Waals surface area contributed by atoms with Gasteiger partial charge in [-0.05, 0) is 60.2 Å². The highest BCUT2D eigenvalue weighted by atomic mass is 16.7. The van der Waals surface area contributed by atoms with Crippen LogP contribution < -0.4 is 5.32 Å². The fraction of sp³-hybridized carbons (Fsp3) is 0.366. The van der Waals surface area contributed by atoms with Crippen LogP contribution in [0.15, 0.2) is 103 Å². The lowest BCUT2D eigenvalue weighted by Crippen LogP contribution is -2.38. The van der Waals surface area contributed by atoms with Gasteiger partial charge in [0.1, 0.15) is 0 Å². The lowest BCUT2D eigenvalue weighted by molar-refractivity contribution is -0.253. The second kappa shape index (κ2) is 17.9. The average Bonchev–Trinajstić information content (AvgIpc) is 3.14. The third-order valence-corrected chi connectivity index (χ3v) is 9.33. The van der Waals surface area contributed by atoms with Crippen molar-refractivity contribution in [3.8, 4) is 11.1 Å². The van der Waals surface area contributed by atoms with E-state index < -0.39 is 12.3 Å². The molecule has 0 bridgehead atoms. The molecule has 0 unspecified atom stereocenters. The Morgan fingerprint density at radius 1 is 0.837 bits per heavy atom. The van der Waals surface area contributed by atoms with Crippen molar-refractivity contribution in [3.63, 3.8) is 0 Å². The second-order valence-electron chi connectivity index (χ2n) is 12.9. The van der Waals surface area contributed by atoms with Gasteiger partial charge in [-0.15, -0.1) is 0 Å². The minimum absolute atomic E-state index is 0.000361. The van der Waals surface area contributed by atoms with Crippen LogP contribution >= 0.6 is 0 Å². The van der Waals surface area contributed by atoms with Crippen LogP contribution in [0.2, 0.25) is 0 Å². The van der Waals surface area contributed by atoms with Crippen LogP contribution in [0, 0.1) is 0 Å².